The Morgan fingerprint density at radius 3 is 0.316 bits per heavy atom. The molecule has 0 aromatic heterocycles. The molecule has 21 saturated heterocycles. The second kappa shape index (κ2) is 43.5. The fourth-order valence-corrected chi connectivity index (χ4v) is 18.7. The highest BCUT2D eigenvalue weighted by atomic mass is 32.3. The third kappa shape index (κ3) is 35.7. The lowest BCUT2D eigenvalue weighted by Crippen LogP contribution is -2.69. The van der Waals surface area contributed by atoms with Crippen LogP contribution >= 0.6 is 0 Å². The fraction of sp³-hybridized carbons (Fsp3) is 1.00. The van der Waals surface area contributed by atoms with Crippen molar-refractivity contribution in [3.05, 3.63) is 0 Å². The van der Waals surface area contributed by atoms with Crippen molar-refractivity contribution in [3.63, 3.8) is 0 Å². The van der Waals surface area contributed by atoms with Crippen LogP contribution in [0.3, 0.4) is 0 Å². The van der Waals surface area contributed by atoms with Gasteiger partial charge in [-0.15, -0.1) is 0 Å². The van der Waals surface area contributed by atoms with Crippen LogP contribution in [-0.4, -0.2) is 479 Å². The van der Waals surface area contributed by atoms with Crippen LogP contribution in [0.1, 0.15) is 0 Å². The van der Waals surface area contributed by atoms with Gasteiger partial charge in [-0.25, -0.2) is 58.6 Å². The Morgan fingerprint density at radius 2 is 0.241 bits per heavy atom. The van der Waals surface area contributed by atoms with Gasteiger partial charge in [0.05, 0.1) is 46.2 Å². The summed E-state index contributed by atoms with van der Waals surface area (Å²) in [6.45, 7) is -15.6. The summed E-state index contributed by atoms with van der Waals surface area (Å²) in [6.07, 6.45) is -121. The molecule has 21 N–H and O–H groups in total. The van der Waals surface area contributed by atoms with Crippen molar-refractivity contribution in [1.29, 1.82) is 0 Å². The van der Waals surface area contributed by atoms with Crippen molar-refractivity contribution in [2.24, 2.45) is 0 Å². The van der Waals surface area contributed by atoms with Crippen LogP contribution in [-0.2, 0) is 270 Å². The number of hydrogen-bond acceptors (Lipinski definition) is 63. The average Bonchev–Trinajstić information content (AvgIpc) is 0.781. The topological polar surface area (TPSA) is 1160 Å². The van der Waals surface area contributed by atoms with Crippen LogP contribution < -0.4 is 0 Å². The third-order valence-corrected chi connectivity index (χ3v) is 23.9. The van der Waals surface area contributed by atoms with Gasteiger partial charge in [0.1, 0.15) is 171 Å². The predicted octanol–water partition coefficient (Wildman–Crippen LogP) is -17.7. The van der Waals surface area contributed by atoms with Gasteiger partial charge in [-0.2, -0.15) is 118 Å². The standard InChI is InChI=1S/C42H70O77S14/c43-15-29(113-127(71,72)73)22-8(1-92-120(50,51)52)99-36(15)107-23-9(2-93-121(53,54)55)101-38(17(45)31(23)115-129(77,78)79)109-25-11(4-95-123(59,60)61)103-40(19(47)33(25)117-131(83,84)85)111-27-13(6-97-125(65,66)67)105-42(21(49)35(27)119-133(89,90)91)112-28-14(7-98-126(68,69)70)104-41(20(48)34(28)118-132(86,87)88)110-26-12(5-96-124(62,63)64)102-39(18(46)32(26)116-130(80,81)82)108-24-10(3-94-122(56,57)58)100-37(106-22)16(44)30(24)114-128(74,75)76/h8-49H,1-7H2,(H,50,51,52)(H,53,54,55)(H,56,57,58)(H,59,60,61)(H,62,63,64)(H,65,66,67)(H,68,69,70)(H,71,72,73)(H,74,75,76)(H,77,78,79)(H,80,81,82)(H,83,84,85)(H,86,87,88)(H,89,90,91)/t8-,9-,10-,11-,12-,13-,14-,15-,16-,17-,18-,19-,20-,21-,22+,23+,24+,25+,26+,27+,28+,29+,30+,31+,32+,33+,34+,35+,36+,37+,38+,39+,40+,41?,42?/m0/s1. The minimum absolute atomic E-state index is 2.23. The van der Waals surface area contributed by atoms with Crippen molar-refractivity contribution in [3.8, 4) is 0 Å². The quantitative estimate of drug-likeness (QED) is 0.0262. The van der Waals surface area contributed by atoms with Crippen molar-refractivity contribution in [2.75, 3.05) is 46.2 Å². The van der Waals surface area contributed by atoms with Crippen LogP contribution in [0.5, 0.6) is 0 Å². The zero-order valence-electron chi connectivity index (χ0n) is 63.1. The zero-order chi connectivity index (χ0) is 101. The Balaban J connectivity index is 1.45. The summed E-state index contributed by atoms with van der Waals surface area (Å²) >= 11 is 0. The van der Waals surface area contributed by atoms with E-state index in [1.807, 2.05) is 0 Å². The Morgan fingerprint density at radius 1 is 0.150 bits per heavy atom. The molecular formula is C42H70O77S14. The van der Waals surface area contributed by atoms with E-state index in [0.29, 0.717) is 0 Å². The first-order valence-electron chi connectivity index (χ1n) is 33.8. The van der Waals surface area contributed by atoms with Crippen molar-refractivity contribution < 1.29 is 342 Å². The van der Waals surface area contributed by atoms with Crippen molar-refractivity contribution >= 4 is 146 Å². The highest BCUT2D eigenvalue weighted by molar-refractivity contribution is 7.83. The lowest BCUT2D eigenvalue weighted by Gasteiger charge is -2.50. The monoisotopic (exact) mass is 2250 g/mol. The van der Waals surface area contributed by atoms with Crippen LogP contribution in [0.2, 0.25) is 0 Å². The molecule has 21 fully saturated rings. The maximum atomic E-state index is 12.9. The molecular weight excluding hydrogens is 2190 g/mol. The maximum absolute atomic E-state index is 12.9. The van der Waals surface area contributed by atoms with Gasteiger partial charge >= 0.3 is 146 Å². The predicted molar refractivity (Wildman–Crippen MR) is 374 cm³/mol. The summed E-state index contributed by atoms with van der Waals surface area (Å²) in [6, 6.07) is 0. The van der Waals surface area contributed by atoms with Crippen LogP contribution in [0, 0.1) is 0 Å². The molecule has 0 aromatic carbocycles. The molecule has 77 nitrogen and oxygen atoms in total. The molecule has 21 aliphatic rings. The maximum Gasteiger partial charge on any atom is 0.397 e. The Hall–Kier alpha value is -2.66. The number of ether oxygens (including phenoxy) is 14. The van der Waals surface area contributed by atoms with Crippen molar-refractivity contribution in [2.45, 2.75) is 215 Å². The minimum atomic E-state index is -6.58. The molecule has 35 atom stereocenters. The first kappa shape index (κ1) is 116. The molecule has 21 aliphatic heterocycles. The van der Waals surface area contributed by atoms with E-state index < -0.39 is 407 Å². The normalized spacial score (nSPS) is 38.8. The van der Waals surface area contributed by atoms with Gasteiger partial charge in [0, 0.05) is 0 Å². The lowest BCUT2D eigenvalue weighted by molar-refractivity contribution is -0.391. The fourth-order valence-electron chi connectivity index (χ4n) is 13.0. The van der Waals surface area contributed by atoms with E-state index in [9.17, 15) is 217 Å². The molecule has 784 valence electrons. The van der Waals surface area contributed by atoms with Gasteiger partial charge in [-0.3, -0.25) is 63.7 Å². The van der Waals surface area contributed by atoms with E-state index in [-0.39, 0.29) is 0 Å². The van der Waals surface area contributed by atoms with Crippen LogP contribution in [0.4, 0.5) is 0 Å². The smallest absolute Gasteiger partial charge is 0.385 e. The molecule has 0 radical (unpaired) electrons. The highest BCUT2D eigenvalue weighted by Crippen LogP contribution is 2.44. The van der Waals surface area contributed by atoms with Gasteiger partial charge in [0.25, 0.3) is 0 Å². The first-order valence-corrected chi connectivity index (χ1v) is 52.9. The van der Waals surface area contributed by atoms with E-state index in [0.717, 1.165) is 0 Å². The SMILES string of the molecule is O=S(=O)(O)OC[C@@H]1O[C@@H]2O[C@H]3[C@H](OS(=O)(=O)O)[C@H](O)[C@@H](O[C@H]4[C@H](OS(=O)(=O)O)[C@H](O)[C@@H](O[C@H]5[C@H](OS(=O)(=O)O)[C@H](O)[C@@H](O[C@H]6[C@H](OS(=O)(=O)O)[C@H](O)[C@@H](O[C@H]7[C@H](OS(=O)(=O)O)[C@H](O)C(O[C@H]8[C@H](OS(=O)(=O)O)[C@H](O)C(O[C@H]1[C@H](OS(=O)(=O)O)[C@@H]2O)O[C@H]8COS(=O)(=O)O)O[C@H]7COS(=O)(=O)O)O[C@H]6COS(=O)(=O)O)O[C@H]5COS(=O)(=O)O)O[C@H]4COS(=O)(=O)O)O[C@H]3COS(=O)(=O)O. The lowest BCUT2D eigenvalue weighted by atomic mass is 9.95. The number of rotatable bonds is 35. The number of aliphatic hydroxyl groups is 7. The Bertz CT molecular complexity index is 4750. The van der Waals surface area contributed by atoms with Gasteiger partial charge in [-0.05, 0) is 0 Å². The summed E-state index contributed by atoms with van der Waals surface area (Å²) < 4.78 is 631. The van der Waals surface area contributed by atoms with E-state index in [1.54, 1.807) is 0 Å². The molecule has 0 aliphatic carbocycles. The molecule has 0 amide bonds. The molecule has 91 heteroatoms. The third-order valence-electron chi connectivity index (χ3n) is 17.6. The molecule has 0 aromatic rings. The summed E-state index contributed by atoms with van der Waals surface area (Å²) in [7, 11) is -89.3. The molecule has 0 saturated carbocycles. The molecule has 133 heavy (non-hydrogen) atoms. The molecule has 2 unspecified atom stereocenters. The average molecular weight is 2260 g/mol. The highest BCUT2D eigenvalue weighted by Gasteiger charge is 2.64. The minimum Gasteiger partial charge on any atom is -0.385 e. The van der Waals surface area contributed by atoms with Gasteiger partial charge in [-0.1, -0.05) is 0 Å². The molecule has 21 heterocycles. The molecule has 21 rings (SSSR count). The second-order valence-electron chi connectivity index (χ2n) is 26.8. The van der Waals surface area contributed by atoms with Gasteiger partial charge < -0.3 is 102 Å². The second-order valence-corrected chi connectivity index (χ2v) is 41.8. The van der Waals surface area contributed by atoms with E-state index in [4.69, 9.17) is 66.3 Å². The Labute approximate surface area is 744 Å². The largest absolute Gasteiger partial charge is 0.397 e. The molecule has 14 bridgehead atoms. The van der Waals surface area contributed by atoms with Gasteiger partial charge in [0.2, 0.25) is 0 Å². The van der Waals surface area contributed by atoms with E-state index in [2.05, 4.69) is 58.6 Å². The summed E-state index contributed by atoms with van der Waals surface area (Å²) in [5.41, 5.74) is 0. The first-order chi connectivity index (χ1) is 60.0. The number of aliphatic hydroxyl groups excluding tert-OH is 7. The molecule has 0 spiro atoms. The van der Waals surface area contributed by atoms with E-state index >= 15 is 0 Å². The Kier molecular flexibility index (Phi) is 37.8. The number of hydrogen-bond donors (Lipinski definition) is 21. The van der Waals surface area contributed by atoms with E-state index in [1.165, 1.54) is 0 Å². The summed E-state index contributed by atoms with van der Waals surface area (Å²) in [5.74, 6) is 0. The summed E-state index contributed by atoms with van der Waals surface area (Å²) in [4.78, 5) is 0. The summed E-state index contributed by atoms with van der Waals surface area (Å²) in [5, 5.41) is 84.9. The zero-order valence-corrected chi connectivity index (χ0v) is 74.6. The van der Waals surface area contributed by atoms with Crippen LogP contribution in [0.15, 0.2) is 0 Å². The van der Waals surface area contributed by atoms with Crippen LogP contribution in [0.25, 0.3) is 0 Å². The van der Waals surface area contributed by atoms with Gasteiger partial charge in [0.15, 0.2) is 44.0 Å². The van der Waals surface area contributed by atoms with Crippen molar-refractivity contribution in [1.82, 2.24) is 0 Å².